The van der Waals surface area contributed by atoms with E-state index in [4.69, 9.17) is 13.9 Å². The molecule has 1 aliphatic heterocycles. The van der Waals surface area contributed by atoms with Gasteiger partial charge in [0.05, 0.1) is 37.6 Å². The first kappa shape index (κ1) is 23.1. The molecule has 1 fully saturated rings. The minimum absolute atomic E-state index is 0.0135. The number of hydrogen-bond acceptors (Lipinski definition) is 6. The number of ether oxygens (including phenoxy) is 2. The number of benzene rings is 2. The molecule has 0 spiro atoms. The minimum atomic E-state index is -0.926. The summed E-state index contributed by atoms with van der Waals surface area (Å²) < 4.78 is 30.2. The number of ketones is 1. The van der Waals surface area contributed by atoms with Crippen LogP contribution in [0.25, 0.3) is 5.76 Å². The fraction of sp³-hybridized carbons (Fsp3) is 0.231. The van der Waals surface area contributed by atoms with E-state index in [1.807, 2.05) is 13.8 Å². The van der Waals surface area contributed by atoms with E-state index >= 15 is 0 Å². The predicted molar refractivity (Wildman–Crippen MR) is 122 cm³/mol. The number of likely N-dealkylation sites (tertiary alicyclic amines) is 1. The van der Waals surface area contributed by atoms with Crippen molar-refractivity contribution in [3.05, 3.63) is 89.1 Å². The lowest BCUT2D eigenvalue weighted by atomic mass is 9.95. The van der Waals surface area contributed by atoms with Crippen LogP contribution >= 0.6 is 0 Å². The number of carbonyl (C=O) groups excluding carboxylic acids is 2. The van der Waals surface area contributed by atoms with Crippen LogP contribution in [0.15, 0.2) is 70.9 Å². The van der Waals surface area contributed by atoms with Crippen LogP contribution in [0.1, 0.15) is 36.8 Å². The maximum absolute atomic E-state index is 13.4. The number of hydrogen-bond donors (Lipinski definition) is 1. The lowest BCUT2D eigenvalue weighted by Crippen LogP contribution is -2.29. The van der Waals surface area contributed by atoms with Crippen LogP contribution in [0.4, 0.5) is 4.39 Å². The van der Waals surface area contributed by atoms with Gasteiger partial charge in [-0.05, 0) is 67.9 Å². The van der Waals surface area contributed by atoms with Crippen molar-refractivity contribution in [3.63, 3.8) is 0 Å². The van der Waals surface area contributed by atoms with Gasteiger partial charge in [-0.2, -0.15) is 0 Å². The van der Waals surface area contributed by atoms with Crippen molar-refractivity contribution in [2.24, 2.45) is 0 Å². The summed E-state index contributed by atoms with van der Waals surface area (Å²) in [5.41, 5.74) is 0.662. The first-order valence-electron chi connectivity index (χ1n) is 10.9. The van der Waals surface area contributed by atoms with E-state index in [0.717, 1.165) is 0 Å². The molecule has 1 N–H and O–H groups in total. The van der Waals surface area contributed by atoms with Gasteiger partial charge < -0.3 is 23.9 Å². The Labute approximate surface area is 196 Å². The summed E-state index contributed by atoms with van der Waals surface area (Å²) in [6.45, 7) is 4.51. The molecule has 34 heavy (non-hydrogen) atoms. The van der Waals surface area contributed by atoms with Gasteiger partial charge in [-0.25, -0.2) is 4.39 Å². The molecule has 0 radical (unpaired) electrons. The lowest BCUT2D eigenvalue weighted by Gasteiger charge is -2.25. The highest BCUT2D eigenvalue weighted by atomic mass is 19.1. The second-order valence-corrected chi connectivity index (χ2v) is 7.59. The van der Waals surface area contributed by atoms with Crippen molar-refractivity contribution in [1.82, 2.24) is 4.90 Å². The molecule has 176 valence electrons. The molecule has 7 nitrogen and oxygen atoms in total. The van der Waals surface area contributed by atoms with E-state index in [2.05, 4.69) is 0 Å². The highest BCUT2D eigenvalue weighted by Crippen LogP contribution is 2.42. The van der Waals surface area contributed by atoms with E-state index in [0.29, 0.717) is 36.0 Å². The molecule has 0 saturated carbocycles. The average molecular weight is 465 g/mol. The van der Waals surface area contributed by atoms with Crippen LogP contribution in [-0.2, 0) is 16.1 Å². The molecule has 2 heterocycles. The third-order valence-corrected chi connectivity index (χ3v) is 5.45. The third kappa shape index (κ3) is 4.39. The zero-order chi connectivity index (χ0) is 24.2. The second-order valence-electron chi connectivity index (χ2n) is 7.59. The van der Waals surface area contributed by atoms with Gasteiger partial charge in [0.2, 0.25) is 0 Å². The Morgan fingerprint density at radius 1 is 1.03 bits per heavy atom. The number of amides is 1. The van der Waals surface area contributed by atoms with Gasteiger partial charge in [-0.15, -0.1) is 0 Å². The molecule has 1 aliphatic rings. The molecule has 0 bridgehead atoms. The summed E-state index contributed by atoms with van der Waals surface area (Å²) in [6.07, 6.45) is 1.48. The molecule has 1 aromatic heterocycles. The highest BCUT2D eigenvalue weighted by molar-refractivity contribution is 6.46. The van der Waals surface area contributed by atoms with E-state index in [1.165, 1.54) is 35.4 Å². The number of carbonyl (C=O) groups is 2. The van der Waals surface area contributed by atoms with Crippen molar-refractivity contribution < 1.29 is 33.0 Å². The smallest absolute Gasteiger partial charge is 0.296 e. The van der Waals surface area contributed by atoms with Crippen LogP contribution in [-0.4, -0.2) is 34.9 Å². The summed E-state index contributed by atoms with van der Waals surface area (Å²) in [4.78, 5) is 27.5. The number of furan rings is 1. The first-order chi connectivity index (χ1) is 16.4. The molecule has 2 aromatic carbocycles. The van der Waals surface area contributed by atoms with Gasteiger partial charge in [0.1, 0.15) is 17.3 Å². The van der Waals surface area contributed by atoms with Crippen molar-refractivity contribution in [2.45, 2.75) is 26.4 Å². The topological polar surface area (TPSA) is 89.2 Å². The summed E-state index contributed by atoms with van der Waals surface area (Å²) in [5.74, 6) is -1.05. The Bertz CT molecular complexity index is 1220. The van der Waals surface area contributed by atoms with Gasteiger partial charge in [0.15, 0.2) is 11.5 Å². The molecule has 3 aromatic rings. The van der Waals surface area contributed by atoms with Gasteiger partial charge in [0.25, 0.3) is 11.7 Å². The Hall–Kier alpha value is -4.07. The largest absolute Gasteiger partial charge is 0.507 e. The molecular formula is C26H24FNO6. The summed E-state index contributed by atoms with van der Waals surface area (Å²) >= 11 is 0. The van der Waals surface area contributed by atoms with Crippen molar-refractivity contribution in [2.75, 3.05) is 13.2 Å². The van der Waals surface area contributed by atoms with Crippen LogP contribution in [0.3, 0.4) is 0 Å². The first-order valence-corrected chi connectivity index (χ1v) is 10.9. The van der Waals surface area contributed by atoms with Gasteiger partial charge in [-0.3, -0.25) is 9.59 Å². The van der Waals surface area contributed by atoms with Gasteiger partial charge >= 0.3 is 0 Å². The predicted octanol–water partition coefficient (Wildman–Crippen LogP) is 4.84. The third-order valence-electron chi connectivity index (χ3n) is 5.45. The normalized spacial score (nSPS) is 17.3. The summed E-state index contributed by atoms with van der Waals surface area (Å²) in [6, 6.07) is 12.6. The van der Waals surface area contributed by atoms with Crippen molar-refractivity contribution in [3.8, 4) is 11.5 Å². The standard InChI is InChI=1S/C26H24FNO6/c1-3-32-20-12-9-17(14-21(20)33-4-2)23-22(24(29)16-7-10-18(27)11-8-16)25(30)26(31)28(23)15-19-6-5-13-34-19/h5-14,23,29H,3-4,15H2,1-2H3. The zero-order valence-corrected chi connectivity index (χ0v) is 18.8. The van der Waals surface area contributed by atoms with Gasteiger partial charge in [-0.1, -0.05) is 6.07 Å². The Kier molecular flexibility index (Phi) is 6.67. The lowest BCUT2D eigenvalue weighted by molar-refractivity contribution is -0.140. The van der Waals surface area contributed by atoms with Crippen molar-refractivity contribution in [1.29, 1.82) is 0 Å². The molecular weight excluding hydrogens is 441 g/mol. The Morgan fingerprint density at radius 3 is 2.38 bits per heavy atom. The minimum Gasteiger partial charge on any atom is -0.507 e. The van der Waals surface area contributed by atoms with Crippen LogP contribution in [0.2, 0.25) is 0 Å². The van der Waals surface area contributed by atoms with Crippen molar-refractivity contribution >= 4 is 17.4 Å². The molecule has 8 heteroatoms. The summed E-state index contributed by atoms with van der Waals surface area (Å²) in [7, 11) is 0. The molecule has 1 saturated heterocycles. The number of Topliss-reactive ketones (excluding diaryl/α,β-unsaturated/α-hetero) is 1. The number of aliphatic hydroxyl groups is 1. The zero-order valence-electron chi connectivity index (χ0n) is 18.8. The van der Waals surface area contributed by atoms with Crippen LogP contribution in [0, 0.1) is 5.82 Å². The van der Waals surface area contributed by atoms with Crippen LogP contribution in [0.5, 0.6) is 11.5 Å². The number of halogens is 1. The SMILES string of the molecule is CCOc1ccc(C2C(=C(O)c3ccc(F)cc3)C(=O)C(=O)N2Cc2ccco2)cc1OCC. The number of aliphatic hydroxyl groups excluding tert-OH is 1. The molecule has 4 rings (SSSR count). The maximum Gasteiger partial charge on any atom is 0.296 e. The molecule has 1 atom stereocenters. The molecule has 1 amide bonds. The molecule has 0 aliphatic carbocycles. The highest BCUT2D eigenvalue weighted by Gasteiger charge is 2.46. The Morgan fingerprint density at radius 2 is 1.74 bits per heavy atom. The fourth-order valence-electron chi connectivity index (χ4n) is 3.96. The van der Waals surface area contributed by atoms with Gasteiger partial charge in [0, 0.05) is 5.56 Å². The van der Waals surface area contributed by atoms with E-state index in [1.54, 1.807) is 30.3 Å². The fourth-order valence-corrected chi connectivity index (χ4v) is 3.96. The van der Waals surface area contributed by atoms with E-state index in [-0.39, 0.29) is 17.7 Å². The number of rotatable bonds is 8. The van der Waals surface area contributed by atoms with E-state index in [9.17, 15) is 19.1 Å². The monoisotopic (exact) mass is 465 g/mol. The maximum atomic E-state index is 13.4. The second kappa shape index (κ2) is 9.82. The quantitative estimate of drug-likeness (QED) is 0.291. The summed E-state index contributed by atoms with van der Waals surface area (Å²) in [5, 5.41) is 11.1. The Balaban J connectivity index is 1.87. The average Bonchev–Trinajstić information content (AvgIpc) is 3.43. The van der Waals surface area contributed by atoms with E-state index < -0.39 is 29.3 Å². The number of nitrogens with zero attached hydrogens (tertiary/aromatic N) is 1. The molecule has 1 unspecified atom stereocenters. The van der Waals surface area contributed by atoms with Crippen LogP contribution < -0.4 is 9.47 Å².